The fraction of sp³-hybridized carbons (Fsp3) is 0.0833. The minimum atomic E-state index is -0.778. The summed E-state index contributed by atoms with van der Waals surface area (Å²) in [5, 5.41) is 9.95. The van der Waals surface area contributed by atoms with Crippen molar-refractivity contribution in [1.82, 2.24) is 4.98 Å². The van der Waals surface area contributed by atoms with Gasteiger partial charge in [-0.1, -0.05) is 36.4 Å². The van der Waals surface area contributed by atoms with E-state index in [1.165, 1.54) is 6.07 Å². The molecule has 2 aromatic rings. The number of aliphatic hydroxyl groups excluding tert-OH is 1. The molecule has 0 aliphatic heterocycles. The normalized spacial score (nSPS) is 12.3. The Morgan fingerprint density at radius 3 is 2.40 bits per heavy atom. The van der Waals surface area contributed by atoms with Gasteiger partial charge in [0.1, 0.15) is 6.10 Å². The molecule has 0 bridgehead atoms. The van der Waals surface area contributed by atoms with E-state index in [4.69, 9.17) is 0 Å². The Kier molecular flexibility index (Phi) is 2.65. The summed E-state index contributed by atoms with van der Waals surface area (Å²) in [5.74, 6) is 0. The highest BCUT2D eigenvalue weighted by Crippen LogP contribution is 2.18. The Balaban J connectivity index is 2.37. The van der Waals surface area contributed by atoms with Crippen molar-refractivity contribution in [1.29, 1.82) is 0 Å². The van der Waals surface area contributed by atoms with Crippen LogP contribution in [0.25, 0.3) is 0 Å². The van der Waals surface area contributed by atoms with Gasteiger partial charge in [-0.3, -0.25) is 4.79 Å². The first-order chi connectivity index (χ1) is 7.27. The zero-order valence-electron chi connectivity index (χ0n) is 8.05. The maximum atomic E-state index is 11.1. The highest BCUT2D eigenvalue weighted by molar-refractivity contribution is 5.25. The van der Waals surface area contributed by atoms with E-state index in [0.717, 1.165) is 5.56 Å². The third kappa shape index (κ3) is 2.14. The van der Waals surface area contributed by atoms with Crippen LogP contribution in [0.15, 0.2) is 53.3 Å². The molecule has 0 saturated heterocycles. The van der Waals surface area contributed by atoms with E-state index in [1.807, 2.05) is 30.3 Å². The summed E-state index contributed by atoms with van der Waals surface area (Å²) in [6.07, 6.45) is -0.778. The molecular weight excluding hydrogens is 190 g/mol. The van der Waals surface area contributed by atoms with Gasteiger partial charge < -0.3 is 10.1 Å². The van der Waals surface area contributed by atoms with Crippen LogP contribution in [0.2, 0.25) is 0 Å². The number of pyridine rings is 1. The number of hydrogen-bond donors (Lipinski definition) is 2. The van der Waals surface area contributed by atoms with Crippen molar-refractivity contribution in [3.8, 4) is 0 Å². The molecule has 15 heavy (non-hydrogen) atoms. The van der Waals surface area contributed by atoms with E-state index in [-0.39, 0.29) is 5.56 Å². The number of H-pyrrole nitrogens is 1. The van der Waals surface area contributed by atoms with Gasteiger partial charge in [0.05, 0.1) is 5.69 Å². The molecular formula is C12H11NO2. The molecule has 0 unspecified atom stereocenters. The maximum absolute atomic E-state index is 11.1. The molecule has 0 radical (unpaired) electrons. The van der Waals surface area contributed by atoms with Crippen molar-refractivity contribution in [2.24, 2.45) is 0 Å². The molecule has 0 spiro atoms. The molecule has 2 rings (SSSR count). The van der Waals surface area contributed by atoms with E-state index in [1.54, 1.807) is 12.1 Å². The Morgan fingerprint density at radius 1 is 1.00 bits per heavy atom. The third-order valence-electron chi connectivity index (χ3n) is 2.20. The van der Waals surface area contributed by atoms with Gasteiger partial charge >= 0.3 is 0 Å². The maximum Gasteiger partial charge on any atom is 0.248 e. The van der Waals surface area contributed by atoms with E-state index in [9.17, 15) is 9.90 Å². The molecule has 1 heterocycles. The quantitative estimate of drug-likeness (QED) is 0.772. The molecule has 0 aliphatic carbocycles. The molecule has 1 atom stereocenters. The largest absolute Gasteiger partial charge is 0.382 e. The van der Waals surface area contributed by atoms with Gasteiger partial charge in [0.25, 0.3) is 0 Å². The SMILES string of the molecule is O=c1cccc([C@H](O)c2ccccc2)[nH]1. The number of rotatable bonds is 2. The lowest BCUT2D eigenvalue weighted by molar-refractivity contribution is 0.215. The first-order valence-corrected chi connectivity index (χ1v) is 4.69. The molecule has 3 nitrogen and oxygen atoms in total. The van der Waals surface area contributed by atoms with Crippen LogP contribution in [0.5, 0.6) is 0 Å². The Morgan fingerprint density at radius 2 is 1.73 bits per heavy atom. The number of benzene rings is 1. The van der Waals surface area contributed by atoms with Crippen molar-refractivity contribution in [2.75, 3.05) is 0 Å². The lowest BCUT2D eigenvalue weighted by Gasteiger charge is -2.10. The van der Waals surface area contributed by atoms with Crippen LogP contribution in [0.3, 0.4) is 0 Å². The second kappa shape index (κ2) is 4.11. The van der Waals surface area contributed by atoms with E-state index in [2.05, 4.69) is 4.98 Å². The van der Waals surface area contributed by atoms with Crippen LogP contribution in [-0.2, 0) is 0 Å². The first kappa shape index (κ1) is 9.68. The average Bonchev–Trinajstić information content (AvgIpc) is 2.29. The second-order valence-electron chi connectivity index (χ2n) is 3.28. The van der Waals surface area contributed by atoms with Crippen molar-refractivity contribution in [3.05, 3.63) is 70.1 Å². The number of nitrogens with one attached hydrogen (secondary N) is 1. The zero-order valence-corrected chi connectivity index (χ0v) is 8.05. The summed E-state index contributed by atoms with van der Waals surface area (Å²) in [7, 11) is 0. The summed E-state index contributed by atoms with van der Waals surface area (Å²) in [5.41, 5.74) is 1.07. The predicted molar refractivity (Wildman–Crippen MR) is 57.6 cm³/mol. The minimum absolute atomic E-state index is 0.206. The molecule has 2 N–H and O–H groups in total. The van der Waals surface area contributed by atoms with Gasteiger partial charge in [-0.2, -0.15) is 0 Å². The molecule has 0 amide bonds. The van der Waals surface area contributed by atoms with Gasteiger partial charge in [0.15, 0.2) is 0 Å². The van der Waals surface area contributed by atoms with Crippen LogP contribution < -0.4 is 5.56 Å². The topological polar surface area (TPSA) is 53.1 Å². The van der Waals surface area contributed by atoms with Crippen molar-refractivity contribution < 1.29 is 5.11 Å². The minimum Gasteiger partial charge on any atom is -0.382 e. The Bertz CT molecular complexity index is 490. The highest BCUT2D eigenvalue weighted by atomic mass is 16.3. The third-order valence-corrected chi connectivity index (χ3v) is 2.20. The van der Waals surface area contributed by atoms with Crippen LogP contribution >= 0.6 is 0 Å². The van der Waals surface area contributed by atoms with Gasteiger partial charge in [0, 0.05) is 6.07 Å². The summed E-state index contributed by atoms with van der Waals surface area (Å²) < 4.78 is 0. The van der Waals surface area contributed by atoms with E-state index < -0.39 is 6.10 Å². The lowest BCUT2D eigenvalue weighted by Crippen LogP contribution is -2.10. The molecule has 0 aliphatic rings. The number of aromatic amines is 1. The van der Waals surface area contributed by atoms with Gasteiger partial charge in [-0.25, -0.2) is 0 Å². The summed E-state index contributed by atoms with van der Waals surface area (Å²) >= 11 is 0. The van der Waals surface area contributed by atoms with E-state index >= 15 is 0 Å². The average molecular weight is 201 g/mol. The Labute approximate surface area is 87.0 Å². The fourth-order valence-electron chi connectivity index (χ4n) is 1.44. The second-order valence-corrected chi connectivity index (χ2v) is 3.28. The number of aromatic nitrogens is 1. The van der Waals surface area contributed by atoms with Crippen molar-refractivity contribution >= 4 is 0 Å². The van der Waals surface area contributed by atoms with Gasteiger partial charge in [-0.05, 0) is 11.6 Å². The summed E-state index contributed by atoms with van der Waals surface area (Å²) in [6.45, 7) is 0. The molecule has 0 saturated carbocycles. The molecule has 1 aromatic carbocycles. The standard InChI is InChI=1S/C12H11NO2/c14-11-8-4-7-10(13-11)12(15)9-5-2-1-3-6-9/h1-8,12,15H,(H,13,14)/t12-/m1/s1. The first-order valence-electron chi connectivity index (χ1n) is 4.69. The Hall–Kier alpha value is -1.87. The number of hydrogen-bond acceptors (Lipinski definition) is 2. The molecule has 0 fully saturated rings. The molecule has 76 valence electrons. The van der Waals surface area contributed by atoms with Crippen LogP contribution in [0.4, 0.5) is 0 Å². The molecule has 3 heteroatoms. The zero-order chi connectivity index (χ0) is 10.7. The monoisotopic (exact) mass is 201 g/mol. The molecule has 1 aromatic heterocycles. The van der Waals surface area contributed by atoms with Crippen molar-refractivity contribution in [3.63, 3.8) is 0 Å². The van der Waals surface area contributed by atoms with Crippen LogP contribution in [0, 0.1) is 0 Å². The van der Waals surface area contributed by atoms with Crippen LogP contribution in [0.1, 0.15) is 17.4 Å². The van der Waals surface area contributed by atoms with Gasteiger partial charge in [-0.15, -0.1) is 0 Å². The van der Waals surface area contributed by atoms with Crippen LogP contribution in [-0.4, -0.2) is 10.1 Å². The summed E-state index contributed by atoms with van der Waals surface area (Å²) in [6, 6.07) is 13.9. The van der Waals surface area contributed by atoms with Crippen molar-refractivity contribution in [2.45, 2.75) is 6.10 Å². The highest BCUT2D eigenvalue weighted by Gasteiger charge is 2.09. The fourth-order valence-corrected chi connectivity index (χ4v) is 1.44. The number of aliphatic hydroxyl groups is 1. The smallest absolute Gasteiger partial charge is 0.248 e. The van der Waals surface area contributed by atoms with Gasteiger partial charge in [0.2, 0.25) is 5.56 Å². The predicted octanol–water partition coefficient (Wildman–Crippen LogP) is 1.46. The summed E-state index contributed by atoms with van der Waals surface area (Å²) in [4.78, 5) is 13.7. The lowest BCUT2D eigenvalue weighted by atomic mass is 10.1. The van der Waals surface area contributed by atoms with E-state index in [0.29, 0.717) is 5.69 Å².